The fourth-order valence-corrected chi connectivity index (χ4v) is 4.93. The van der Waals surface area contributed by atoms with Gasteiger partial charge < -0.3 is 15.4 Å². The van der Waals surface area contributed by atoms with E-state index in [9.17, 15) is 9.59 Å². The van der Waals surface area contributed by atoms with Gasteiger partial charge in [0.25, 0.3) is 0 Å². The number of β-lactam (4-membered cyclic amide) rings is 1. The van der Waals surface area contributed by atoms with Crippen molar-refractivity contribution in [2.24, 2.45) is 5.73 Å². The molecule has 4 rings (SSSR count). The zero-order chi connectivity index (χ0) is 19.7. The summed E-state index contributed by atoms with van der Waals surface area (Å²) in [5.74, 6) is -0.395. The van der Waals surface area contributed by atoms with Crippen molar-refractivity contribution in [3.8, 4) is 0 Å². The lowest BCUT2D eigenvalue weighted by molar-refractivity contribution is -0.145. The first kappa shape index (κ1) is 21.7. The number of halogens is 2. The number of nitrogens with two attached hydrogens (primary N) is 1. The van der Waals surface area contributed by atoms with Gasteiger partial charge in [0.1, 0.15) is 11.4 Å². The summed E-state index contributed by atoms with van der Waals surface area (Å²) in [4.78, 5) is 27.1. The highest BCUT2D eigenvalue weighted by atomic mass is 35.5. The lowest BCUT2D eigenvalue weighted by Crippen LogP contribution is -2.68. The minimum atomic E-state index is -0.594. The Morgan fingerprint density at radius 3 is 2.21 bits per heavy atom. The van der Waals surface area contributed by atoms with Crippen molar-refractivity contribution in [2.45, 2.75) is 17.5 Å². The first-order chi connectivity index (χ1) is 13.6. The van der Waals surface area contributed by atoms with E-state index in [1.807, 2.05) is 60.7 Å². The van der Waals surface area contributed by atoms with E-state index in [4.69, 9.17) is 22.1 Å². The fraction of sp³-hybridized carbons (Fsp3) is 0.238. The molecule has 0 spiro atoms. The third-order valence-corrected chi connectivity index (χ3v) is 6.68. The van der Waals surface area contributed by atoms with Crippen LogP contribution in [-0.4, -0.2) is 40.6 Å². The van der Waals surface area contributed by atoms with Gasteiger partial charge in [0.2, 0.25) is 5.91 Å². The van der Waals surface area contributed by atoms with Crippen LogP contribution in [0.25, 0.3) is 0 Å². The lowest BCUT2D eigenvalue weighted by atomic mass is 10.0. The summed E-state index contributed by atoms with van der Waals surface area (Å²) in [7, 11) is 0. The molecule has 8 heteroatoms. The van der Waals surface area contributed by atoms with E-state index >= 15 is 0 Å². The van der Waals surface area contributed by atoms with E-state index in [2.05, 4.69) is 0 Å². The van der Waals surface area contributed by atoms with E-state index in [1.165, 1.54) is 11.8 Å². The Morgan fingerprint density at radius 2 is 1.69 bits per heavy atom. The van der Waals surface area contributed by atoms with Crippen LogP contribution in [0.1, 0.15) is 17.2 Å². The quantitative estimate of drug-likeness (QED) is 0.428. The Bertz CT molecular complexity index is 885. The van der Waals surface area contributed by atoms with Crippen LogP contribution >= 0.6 is 35.8 Å². The molecule has 2 unspecified atom stereocenters. The lowest BCUT2D eigenvalue weighted by Gasteiger charge is -2.48. The molecule has 5 nitrogen and oxygen atoms in total. The van der Waals surface area contributed by atoms with Crippen molar-refractivity contribution >= 4 is 47.6 Å². The predicted octanol–water partition coefficient (Wildman–Crippen LogP) is 3.48. The van der Waals surface area contributed by atoms with Crippen molar-refractivity contribution in [3.63, 3.8) is 0 Å². The molecule has 1 fully saturated rings. The van der Waals surface area contributed by atoms with E-state index < -0.39 is 18.1 Å². The van der Waals surface area contributed by atoms with Gasteiger partial charge in [-0.05, 0) is 16.7 Å². The van der Waals surface area contributed by atoms with Crippen molar-refractivity contribution in [1.29, 1.82) is 0 Å². The number of nitrogens with zero attached hydrogens (tertiary/aromatic N) is 1. The van der Waals surface area contributed by atoms with E-state index in [1.54, 1.807) is 4.90 Å². The van der Waals surface area contributed by atoms with Gasteiger partial charge in [-0.15, -0.1) is 24.0 Å². The Labute approximate surface area is 184 Å². The van der Waals surface area contributed by atoms with Gasteiger partial charge in [-0.2, -0.15) is 0 Å². The molecule has 2 aliphatic heterocycles. The van der Waals surface area contributed by atoms with Gasteiger partial charge in [-0.1, -0.05) is 72.4 Å². The Morgan fingerprint density at radius 1 is 1.14 bits per heavy atom. The number of esters is 1. The van der Waals surface area contributed by atoms with Gasteiger partial charge in [-0.3, -0.25) is 4.79 Å². The molecule has 0 radical (unpaired) electrons. The number of carbonyl (C=O) groups is 2. The average Bonchev–Trinajstić information content (AvgIpc) is 2.76. The number of benzene rings is 2. The number of rotatable bonds is 5. The van der Waals surface area contributed by atoms with Gasteiger partial charge in [0, 0.05) is 12.4 Å². The highest BCUT2D eigenvalue weighted by Crippen LogP contribution is 2.42. The van der Waals surface area contributed by atoms with E-state index in [0.717, 1.165) is 11.1 Å². The van der Waals surface area contributed by atoms with Gasteiger partial charge in [0.05, 0.1) is 4.91 Å². The first-order valence-corrected chi connectivity index (χ1v) is 10.3. The van der Waals surface area contributed by atoms with Gasteiger partial charge in [0.15, 0.2) is 6.10 Å². The maximum atomic E-state index is 13.1. The summed E-state index contributed by atoms with van der Waals surface area (Å²) in [5, 5.41) is -0.242. The number of hydrogen-bond acceptors (Lipinski definition) is 5. The summed E-state index contributed by atoms with van der Waals surface area (Å²) in [6.07, 6.45) is -0.533. The number of alkyl halides is 1. The number of amides is 1. The molecule has 2 N–H and O–H groups in total. The highest BCUT2D eigenvalue weighted by Gasteiger charge is 2.49. The minimum Gasteiger partial charge on any atom is -0.449 e. The van der Waals surface area contributed by atoms with Crippen LogP contribution in [0.3, 0.4) is 0 Å². The second-order valence-electron chi connectivity index (χ2n) is 6.67. The first-order valence-electron chi connectivity index (χ1n) is 8.91. The minimum absolute atomic E-state index is 0. The summed E-state index contributed by atoms with van der Waals surface area (Å²) in [6, 6.07) is 18.6. The molecule has 0 aromatic heterocycles. The smallest absolute Gasteiger partial charge is 0.345 e. The van der Waals surface area contributed by atoms with E-state index in [-0.39, 0.29) is 29.6 Å². The van der Waals surface area contributed by atoms with Crippen LogP contribution in [0.2, 0.25) is 0 Å². The van der Waals surface area contributed by atoms with Crippen LogP contribution in [0.4, 0.5) is 0 Å². The summed E-state index contributed by atoms with van der Waals surface area (Å²) in [6.45, 7) is 0.319. The second-order valence-corrected chi connectivity index (χ2v) is 8.07. The molecule has 2 heterocycles. The molecule has 1 saturated heterocycles. The zero-order valence-corrected chi connectivity index (χ0v) is 17.8. The maximum absolute atomic E-state index is 13.1. The molecule has 152 valence electrons. The molecule has 29 heavy (non-hydrogen) atoms. The zero-order valence-electron chi connectivity index (χ0n) is 15.4. The van der Waals surface area contributed by atoms with Crippen molar-refractivity contribution in [1.82, 2.24) is 4.90 Å². The third-order valence-electron chi connectivity index (χ3n) is 4.88. The SMILES string of the molecule is Cl.NC1C(=O)N2CC(CCl)=C(C(=O)OC(c3ccccc3)c3ccccc3)SC12. The fourth-order valence-electron chi connectivity index (χ4n) is 3.38. The van der Waals surface area contributed by atoms with Crippen LogP contribution in [0, 0.1) is 0 Å². The number of fused-ring (bicyclic) bond motifs is 1. The molecular formula is C21H20Cl2N2O3S. The molecule has 2 atom stereocenters. The van der Waals surface area contributed by atoms with Crippen molar-refractivity contribution < 1.29 is 14.3 Å². The highest BCUT2D eigenvalue weighted by molar-refractivity contribution is 8.04. The standard InChI is InChI=1S/C21H19ClN2O3S.ClH/c22-11-15-12-24-19(25)16(23)20(24)28-18(15)21(26)27-17(13-7-3-1-4-8-13)14-9-5-2-6-10-14;/h1-10,16-17,20H,11-12,23H2;1H. The molecule has 2 aliphatic rings. The number of ether oxygens (including phenoxy) is 1. The summed E-state index contributed by atoms with van der Waals surface area (Å²) < 4.78 is 5.94. The number of carbonyl (C=O) groups excluding carboxylic acids is 2. The number of thioether (sulfide) groups is 1. The van der Waals surface area contributed by atoms with Crippen molar-refractivity contribution in [3.05, 3.63) is 82.3 Å². The largest absolute Gasteiger partial charge is 0.449 e. The number of hydrogen-bond donors (Lipinski definition) is 1. The molecular weight excluding hydrogens is 431 g/mol. The maximum Gasteiger partial charge on any atom is 0.345 e. The Hall–Kier alpha value is -1.99. The molecule has 1 amide bonds. The topological polar surface area (TPSA) is 72.6 Å². The van der Waals surface area contributed by atoms with E-state index in [0.29, 0.717) is 17.0 Å². The monoisotopic (exact) mass is 450 g/mol. The summed E-state index contributed by atoms with van der Waals surface area (Å²) >= 11 is 7.33. The van der Waals surface area contributed by atoms with Gasteiger partial charge >= 0.3 is 5.97 Å². The summed E-state index contributed by atoms with van der Waals surface area (Å²) in [5.41, 5.74) is 8.34. The normalized spacial score (nSPS) is 20.7. The van der Waals surface area contributed by atoms with Crippen molar-refractivity contribution in [2.75, 3.05) is 12.4 Å². The molecule has 2 aromatic carbocycles. The van der Waals surface area contributed by atoms with Crippen LogP contribution < -0.4 is 5.73 Å². The average molecular weight is 451 g/mol. The van der Waals surface area contributed by atoms with Crippen LogP contribution in [0.15, 0.2) is 71.1 Å². The van der Waals surface area contributed by atoms with Crippen LogP contribution in [-0.2, 0) is 14.3 Å². The second kappa shape index (κ2) is 9.22. The Kier molecular flexibility index (Phi) is 6.90. The Balaban J connectivity index is 0.00000240. The predicted molar refractivity (Wildman–Crippen MR) is 117 cm³/mol. The third kappa shape index (κ3) is 4.16. The molecule has 2 aromatic rings. The molecule has 0 bridgehead atoms. The van der Waals surface area contributed by atoms with Gasteiger partial charge in [-0.25, -0.2) is 4.79 Å². The van der Waals surface area contributed by atoms with Crippen LogP contribution in [0.5, 0.6) is 0 Å². The molecule has 0 aliphatic carbocycles. The molecule has 0 saturated carbocycles.